The highest BCUT2D eigenvalue weighted by Crippen LogP contribution is 2.13. The Morgan fingerprint density at radius 2 is 1.57 bits per heavy atom. The predicted molar refractivity (Wildman–Crippen MR) is 69.9 cm³/mol. The average molecular weight is 292 g/mol. The molecule has 0 bridgehead atoms. The quantitative estimate of drug-likeness (QED) is 0.760. The van der Waals surface area contributed by atoms with E-state index in [0.717, 1.165) is 22.7 Å². The lowest BCUT2D eigenvalue weighted by atomic mass is 10.4. The molecule has 0 saturated carbocycles. The van der Waals surface area contributed by atoms with Crippen LogP contribution < -0.4 is 0 Å². The van der Waals surface area contributed by atoms with Crippen molar-refractivity contribution in [2.45, 2.75) is 13.8 Å². The third-order valence-electron chi connectivity index (χ3n) is 1.21. The molecule has 0 aromatic heterocycles. The number of halogens is 2. The van der Waals surface area contributed by atoms with Crippen molar-refractivity contribution >= 4 is 50.6 Å². The SMILES string of the molecule is CCOCC.Clc1ccc(Br)cc1.[MgH2]. The molecule has 1 aromatic rings. The van der Waals surface area contributed by atoms with Crippen molar-refractivity contribution in [3.8, 4) is 0 Å². The summed E-state index contributed by atoms with van der Waals surface area (Å²) in [6, 6.07) is 7.49. The third kappa shape index (κ3) is 10.8. The summed E-state index contributed by atoms with van der Waals surface area (Å²) >= 11 is 8.88. The first-order valence-corrected chi connectivity index (χ1v) is 5.36. The first kappa shape index (κ1) is 17.1. The van der Waals surface area contributed by atoms with Crippen LogP contribution in [0.1, 0.15) is 13.8 Å². The second-order valence-electron chi connectivity index (χ2n) is 2.22. The van der Waals surface area contributed by atoms with Crippen LogP contribution in [0.2, 0.25) is 5.02 Å². The van der Waals surface area contributed by atoms with Gasteiger partial charge in [-0.3, -0.25) is 0 Å². The van der Waals surface area contributed by atoms with Gasteiger partial charge in [-0.15, -0.1) is 0 Å². The molecule has 0 aliphatic carbocycles. The molecule has 1 aromatic carbocycles. The fourth-order valence-electron chi connectivity index (χ4n) is 0.634. The van der Waals surface area contributed by atoms with E-state index in [1.54, 1.807) is 0 Å². The van der Waals surface area contributed by atoms with Crippen LogP contribution in [-0.2, 0) is 4.74 Å². The summed E-state index contributed by atoms with van der Waals surface area (Å²) in [4.78, 5) is 0. The summed E-state index contributed by atoms with van der Waals surface area (Å²) in [5.74, 6) is 0. The third-order valence-corrected chi connectivity index (χ3v) is 1.99. The van der Waals surface area contributed by atoms with Crippen molar-refractivity contribution in [2.75, 3.05) is 13.2 Å². The fourth-order valence-corrected chi connectivity index (χ4v) is 1.02. The minimum atomic E-state index is 0. The second kappa shape index (κ2) is 11.8. The van der Waals surface area contributed by atoms with Gasteiger partial charge in [-0.2, -0.15) is 0 Å². The van der Waals surface area contributed by atoms with Crippen LogP contribution in [0.4, 0.5) is 0 Å². The molecule has 4 heteroatoms. The highest BCUT2D eigenvalue weighted by molar-refractivity contribution is 9.10. The molecule has 0 radical (unpaired) electrons. The van der Waals surface area contributed by atoms with E-state index in [0.29, 0.717) is 0 Å². The number of rotatable bonds is 2. The van der Waals surface area contributed by atoms with E-state index >= 15 is 0 Å². The molecule has 0 aliphatic rings. The molecule has 0 atom stereocenters. The zero-order valence-corrected chi connectivity index (χ0v) is 10.2. The molecule has 14 heavy (non-hydrogen) atoms. The van der Waals surface area contributed by atoms with E-state index in [-0.39, 0.29) is 23.1 Å². The van der Waals surface area contributed by atoms with E-state index in [4.69, 9.17) is 16.3 Å². The van der Waals surface area contributed by atoms with Gasteiger partial charge >= 0.3 is 23.1 Å². The van der Waals surface area contributed by atoms with E-state index in [1.165, 1.54) is 0 Å². The standard InChI is InChI=1S/C6H4BrCl.C4H10O.Mg.2H/c7-5-1-3-6(8)4-2-5;1-3-5-4-2;;;/h1-4H;3-4H2,1-2H3;;;. The van der Waals surface area contributed by atoms with E-state index in [1.807, 2.05) is 38.1 Å². The second-order valence-corrected chi connectivity index (χ2v) is 3.57. The first-order valence-electron chi connectivity index (χ1n) is 4.19. The summed E-state index contributed by atoms with van der Waals surface area (Å²) in [5, 5.41) is 0.771. The van der Waals surface area contributed by atoms with Gasteiger partial charge in [0.1, 0.15) is 0 Å². The van der Waals surface area contributed by atoms with Crippen LogP contribution in [0.3, 0.4) is 0 Å². The van der Waals surface area contributed by atoms with Gasteiger partial charge in [0.05, 0.1) is 0 Å². The van der Waals surface area contributed by atoms with Crippen molar-refractivity contribution in [3.63, 3.8) is 0 Å². The molecule has 0 saturated heterocycles. The Hall–Kier alpha value is 0.716. The maximum absolute atomic E-state index is 5.59. The van der Waals surface area contributed by atoms with Crippen molar-refractivity contribution in [1.82, 2.24) is 0 Å². The maximum Gasteiger partial charge on any atom is 0.316 e. The van der Waals surface area contributed by atoms with E-state index in [9.17, 15) is 0 Å². The molecule has 0 amide bonds. The van der Waals surface area contributed by atoms with Gasteiger partial charge in [0.2, 0.25) is 0 Å². The molecule has 78 valence electrons. The normalized spacial score (nSPS) is 8.29. The number of benzene rings is 1. The number of hydrogen-bond acceptors (Lipinski definition) is 1. The minimum Gasteiger partial charge on any atom is -0.382 e. The van der Waals surface area contributed by atoms with Crippen molar-refractivity contribution < 1.29 is 4.74 Å². The van der Waals surface area contributed by atoms with Crippen LogP contribution in [0.5, 0.6) is 0 Å². The predicted octanol–water partition coefficient (Wildman–Crippen LogP) is 3.23. The van der Waals surface area contributed by atoms with Gasteiger partial charge < -0.3 is 4.74 Å². The zero-order chi connectivity index (χ0) is 10.1. The van der Waals surface area contributed by atoms with Gasteiger partial charge in [-0.1, -0.05) is 27.5 Å². The summed E-state index contributed by atoms with van der Waals surface area (Å²) in [6.07, 6.45) is 0. The van der Waals surface area contributed by atoms with E-state index < -0.39 is 0 Å². The lowest BCUT2D eigenvalue weighted by molar-refractivity contribution is 0.162. The maximum atomic E-state index is 5.59. The van der Waals surface area contributed by atoms with Crippen molar-refractivity contribution in [1.29, 1.82) is 0 Å². The Morgan fingerprint density at radius 1 is 1.14 bits per heavy atom. The van der Waals surface area contributed by atoms with Crippen LogP contribution in [-0.4, -0.2) is 36.3 Å². The molecule has 0 N–H and O–H groups in total. The van der Waals surface area contributed by atoms with E-state index in [2.05, 4.69) is 15.9 Å². The van der Waals surface area contributed by atoms with Gasteiger partial charge in [0.15, 0.2) is 0 Å². The molecular weight excluding hydrogens is 276 g/mol. The fraction of sp³-hybridized carbons (Fsp3) is 0.400. The highest BCUT2D eigenvalue weighted by atomic mass is 79.9. The molecule has 1 rings (SSSR count). The molecule has 0 spiro atoms. The molecule has 0 aliphatic heterocycles. The Bertz CT molecular complexity index is 193. The van der Waals surface area contributed by atoms with Crippen molar-refractivity contribution in [3.05, 3.63) is 33.8 Å². The van der Waals surface area contributed by atoms with Gasteiger partial charge in [-0.25, -0.2) is 0 Å². The monoisotopic (exact) mass is 290 g/mol. The summed E-state index contributed by atoms with van der Waals surface area (Å²) in [7, 11) is 0. The highest BCUT2D eigenvalue weighted by Gasteiger charge is 1.83. The average Bonchev–Trinajstić information content (AvgIpc) is 2.13. The molecule has 0 unspecified atom stereocenters. The summed E-state index contributed by atoms with van der Waals surface area (Å²) < 4.78 is 5.89. The van der Waals surface area contributed by atoms with Gasteiger partial charge in [-0.05, 0) is 38.1 Å². The van der Waals surface area contributed by atoms with Crippen LogP contribution >= 0.6 is 27.5 Å². The zero-order valence-electron chi connectivity index (χ0n) is 7.89. The topological polar surface area (TPSA) is 9.23 Å². The molecular formula is C10H16BrClMgO. The lowest BCUT2D eigenvalue weighted by Crippen LogP contribution is -1.84. The van der Waals surface area contributed by atoms with Gasteiger partial charge in [0.25, 0.3) is 0 Å². The summed E-state index contributed by atoms with van der Waals surface area (Å²) in [6.45, 7) is 5.67. The Kier molecular flexibility index (Phi) is 14.4. The van der Waals surface area contributed by atoms with Crippen LogP contribution in [0.25, 0.3) is 0 Å². The smallest absolute Gasteiger partial charge is 0.316 e. The molecule has 0 fully saturated rings. The molecule has 0 heterocycles. The largest absolute Gasteiger partial charge is 0.382 e. The Morgan fingerprint density at radius 3 is 1.79 bits per heavy atom. The van der Waals surface area contributed by atoms with Gasteiger partial charge in [0, 0.05) is 22.7 Å². The summed E-state index contributed by atoms with van der Waals surface area (Å²) in [5.41, 5.74) is 0. The number of ether oxygens (including phenoxy) is 1. The Labute approximate surface area is 115 Å². The van der Waals surface area contributed by atoms with Crippen LogP contribution in [0, 0.1) is 0 Å². The minimum absolute atomic E-state index is 0. The molecule has 1 nitrogen and oxygen atoms in total. The van der Waals surface area contributed by atoms with Crippen molar-refractivity contribution in [2.24, 2.45) is 0 Å². The van der Waals surface area contributed by atoms with Crippen LogP contribution in [0.15, 0.2) is 28.7 Å². The Balaban J connectivity index is 0. The first-order chi connectivity index (χ1) is 6.20. The lowest BCUT2D eigenvalue weighted by Gasteiger charge is -1.86. The number of hydrogen-bond donors (Lipinski definition) is 0.